The van der Waals surface area contributed by atoms with Crippen LogP contribution in [0.3, 0.4) is 0 Å². The van der Waals surface area contributed by atoms with Crippen molar-refractivity contribution in [2.75, 3.05) is 6.54 Å². The standard InChI is InChI=1S/C15H24FNO/c1-11(18)9-10-17-12(2)15(3,4)13-5-7-14(16)8-6-13/h5-8,11-12,17-18H,9-10H2,1-4H3/t11-,12-/m1/s1. The second-order valence-corrected chi connectivity index (χ2v) is 5.54. The fourth-order valence-corrected chi connectivity index (χ4v) is 1.89. The largest absolute Gasteiger partial charge is 0.393 e. The number of aliphatic hydroxyl groups is 1. The number of rotatable bonds is 6. The summed E-state index contributed by atoms with van der Waals surface area (Å²) in [6, 6.07) is 6.92. The number of nitrogens with one attached hydrogen (secondary N) is 1. The molecule has 0 amide bonds. The van der Waals surface area contributed by atoms with Crippen molar-refractivity contribution in [3.63, 3.8) is 0 Å². The van der Waals surface area contributed by atoms with E-state index in [1.807, 2.05) is 12.1 Å². The monoisotopic (exact) mass is 253 g/mol. The Kier molecular flexibility index (Phi) is 5.29. The van der Waals surface area contributed by atoms with E-state index in [0.717, 1.165) is 18.5 Å². The van der Waals surface area contributed by atoms with Crippen molar-refractivity contribution in [3.8, 4) is 0 Å². The van der Waals surface area contributed by atoms with Crippen LogP contribution < -0.4 is 5.32 Å². The van der Waals surface area contributed by atoms with Gasteiger partial charge in [-0.15, -0.1) is 0 Å². The molecule has 0 aromatic heterocycles. The molecule has 0 saturated heterocycles. The van der Waals surface area contributed by atoms with Gasteiger partial charge in [0.25, 0.3) is 0 Å². The Hall–Kier alpha value is -0.930. The summed E-state index contributed by atoms with van der Waals surface area (Å²) in [5.41, 5.74) is 1.03. The minimum atomic E-state index is -0.279. The van der Waals surface area contributed by atoms with E-state index in [2.05, 4.69) is 26.1 Å². The summed E-state index contributed by atoms with van der Waals surface area (Å²) in [5.74, 6) is -0.204. The molecule has 18 heavy (non-hydrogen) atoms. The van der Waals surface area contributed by atoms with Crippen LogP contribution in [0.15, 0.2) is 24.3 Å². The third-order valence-electron chi connectivity index (χ3n) is 3.68. The first kappa shape index (κ1) is 15.1. The Morgan fingerprint density at radius 3 is 2.28 bits per heavy atom. The molecule has 0 aliphatic heterocycles. The fourth-order valence-electron chi connectivity index (χ4n) is 1.89. The first-order valence-corrected chi connectivity index (χ1v) is 6.51. The number of hydrogen-bond donors (Lipinski definition) is 2. The highest BCUT2D eigenvalue weighted by Gasteiger charge is 2.27. The van der Waals surface area contributed by atoms with E-state index in [-0.39, 0.29) is 23.4 Å². The van der Waals surface area contributed by atoms with Gasteiger partial charge in [-0.1, -0.05) is 26.0 Å². The highest BCUT2D eigenvalue weighted by Crippen LogP contribution is 2.27. The van der Waals surface area contributed by atoms with Crippen LogP contribution in [0.25, 0.3) is 0 Å². The maximum Gasteiger partial charge on any atom is 0.123 e. The summed E-state index contributed by atoms with van der Waals surface area (Å²) in [6.45, 7) is 8.97. The Morgan fingerprint density at radius 1 is 1.22 bits per heavy atom. The quantitative estimate of drug-likeness (QED) is 0.817. The van der Waals surface area contributed by atoms with E-state index in [4.69, 9.17) is 0 Å². The molecule has 0 aliphatic carbocycles. The molecule has 0 spiro atoms. The topological polar surface area (TPSA) is 32.3 Å². The first-order valence-electron chi connectivity index (χ1n) is 6.51. The van der Waals surface area contributed by atoms with Crippen molar-refractivity contribution in [3.05, 3.63) is 35.6 Å². The Labute approximate surface area is 109 Å². The van der Waals surface area contributed by atoms with Crippen LogP contribution in [0.1, 0.15) is 39.7 Å². The van der Waals surface area contributed by atoms with E-state index < -0.39 is 0 Å². The molecule has 2 N–H and O–H groups in total. The Morgan fingerprint density at radius 2 is 1.78 bits per heavy atom. The predicted molar refractivity (Wildman–Crippen MR) is 73.2 cm³/mol. The molecule has 102 valence electrons. The predicted octanol–water partition coefficient (Wildman–Crippen LogP) is 2.85. The third kappa shape index (κ3) is 4.07. The molecular weight excluding hydrogens is 229 g/mol. The van der Waals surface area contributed by atoms with Crippen LogP contribution in [0, 0.1) is 5.82 Å². The zero-order valence-corrected chi connectivity index (χ0v) is 11.7. The number of aliphatic hydroxyl groups excluding tert-OH is 1. The molecule has 0 saturated carbocycles. The van der Waals surface area contributed by atoms with Crippen molar-refractivity contribution in [1.82, 2.24) is 5.32 Å². The summed E-state index contributed by atoms with van der Waals surface area (Å²) < 4.78 is 12.9. The van der Waals surface area contributed by atoms with E-state index >= 15 is 0 Å². The van der Waals surface area contributed by atoms with Gasteiger partial charge in [-0.25, -0.2) is 4.39 Å². The van der Waals surface area contributed by atoms with E-state index in [0.29, 0.717) is 0 Å². The van der Waals surface area contributed by atoms with Crippen LogP contribution in [0.5, 0.6) is 0 Å². The summed E-state index contributed by atoms with van der Waals surface area (Å²) in [7, 11) is 0. The molecule has 2 atom stereocenters. The normalized spacial score (nSPS) is 15.4. The van der Waals surface area contributed by atoms with Gasteiger partial charge in [0, 0.05) is 11.5 Å². The first-order chi connectivity index (χ1) is 8.34. The maximum atomic E-state index is 12.9. The van der Waals surface area contributed by atoms with Crippen molar-refractivity contribution >= 4 is 0 Å². The Bertz CT molecular complexity index is 359. The third-order valence-corrected chi connectivity index (χ3v) is 3.68. The molecule has 1 rings (SSSR count). The molecule has 0 unspecified atom stereocenters. The van der Waals surface area contributed by atoms with Gasteiger partial charge in [-0.2, -0.15) is 0 Å². The zero-order valence-electron chi connectivity index (χ0n) is 11.7. The lowest BCUT2D eigenvalue weighted by atomic mass is 9.78. The lowest BCUT2D eigenvalue weighted by molar-refractivity contribution is 0.180. The molecule has 2 nitrogen and oxygen atoms in total. The Balaban J connectivity index is 2.64. The second kappa shape index (κ2) is 6.30. The molecule has 1 aromatic carbocycles. The van der Waals surface area contributed by atoms with Gasteiger partial charge >= 0.3 is 0 Å². The van der Waals surface area contributed by atoms with Gasteiger partial charge in [0.15, 0.2) is 0 Å². The van der Waals surface area contributed by atoms with Crippen molar-refractivity contribution in [2.45, 2.75) is 51.7 Å². The highest BCUT2D eigenvalue weighted by atomic mass is 19.1. The van der Waals surface area contributed by atoms with E-state index in [9.17, 15) is 9.50 Å². The summed E-state index contributed by atoms with van der Waals surface area (Å²) in [5, 5.41) is 12.6. The fraction of sp³-hybridized carbons (Fsp3) is 0.600. The number of halogens is 1. The molecule has 3 heteroatoms. The molecule has 0 aliphatic rings. The summed E-state index contributed by atoms with van der Waals surface area (Å²) in [4.78, 5) is 0. The van der Waals surface area contributed by atoms with Crippen LogP contribution in [-0.2, 0) is 5.41 Å². The molecule has 0 heterocycles. The zero-order chi connectivity index (χ0) is 13.8. The van der Waals surface area contributed by atoms with Crippen molar-refractivity contribution in [2.24, 2.45) is 0 Å². The molecule has 0 radical (unpaired) electrons. The molecule has 1 aromatic rings. The average molecular weight is 253 g/mol. The van der Waals surface area contributed by atoms with Crippen LogP contribution in [0.2, 0.25) is 0 Å². The van der Waals surface area contributed by atoms with E-state index in [1.165, 1.54) is 12.1 Å². The van der Waals surface area contributed by atoms with Crippen LogP contribution in [0.4, 0.5) is 4.39 Å². The summed E-state index contributed by atoms with van der Waals surface area (Å²) >= 11 is 0. The molecule has 0 bridgehead atoms. The van der Waals surface area contributed by atoms with Crippen LogP contribution in [-0.4, -0.2) is 23.8 Å². The maximum absolute atomic E-state index is 12.9. The van der Waals surface area contributed by atoms with Crippen molar-refractivity contribution in [1.29, 1.82) is 0 Å². The van der Waals surface area contributed by atoms with Gasteiger partial charge in [0.2, 0.25) is 0 Å². The van der Waals surface area contributed by atoms with E-state index in [1.54, 1.807) is 6.92 Å². The minimum absolute atomic E-state index is 0.0770. The van der Waals surface area contributed by atoms with Gasteiger partial charge in [0.1, 0.15) is 5.82 Å². The van der Waals surface area contributed by atoms with Gasteiger partial charge in [-0.3, -0.25) is 0 Å². The molecule has 0 fully saturated rings. The minimum Gasteiger partial charge on any atom is -0.393 e. The molecular formula is C15H24FNO. The van der Waals surface area contributed by atoms with Gasteiger partial charge < -0.3 is 10.4 Å². The average Bonchev–Trinajstić information content (AvgIpc) is 2.28. The highest BCUT2D eigenvalue weighted by molar-refractivity contribution is 5.26. The van der Waals surface area contributed by atoms with Crippen LogP contribution >= 0.6 is 0 Å². The van der Waals surface area contributed by atoms with Gasteiger partial charge in [0.05, 0.1) is 6.10 Å². The SMILES string of the molecule is C[C@@H](O)CCN[C@H](C)C(C)(C)c1ccc(F)cc1. The second-order valence-electron chi connectivity index (χ2n) is 5.54. The number of benzene rings is 1. The van der Waals surface area contributed by atoms with Gasteiger partial charge in [-0.05, 0) is 44.5 Å². The van der Waals surface area contributed by atoms with Crippen molar-refractivity contribution < 1.29 is 9.50 Å². The smallest absolute Gasteiger partial charge is 0.123 e. The lowest BCUT2D eigenvalue weighted by Crippen LogP contribution is -2.43. The number of hydrogen-bond acceptors (Lipinski definition) is 2. The summed E-state index contributed by atoms with van der Waals surface area (Å²) in [6.07, 6.45) is 0.461. The lowest BCUT2D eigenvalue weighted by Gasteiger charge is -2.33.